The van der Waals surface area contributed by atoms with E-state index in [1.165, 1.54) is 26.2 Å². The quantitative estimate of drug-likeness (QED) is 0.152. The highest BCUT2D eigenvalue weighted by Gasteiger charge is 2.59. The monoisotopic (exact) mass is 547 g/mol. The van der Waals surface area contributed by atoms with E-state index >= 15 is 0 Å². The van der Waals surface area contributed by atoms with Gasteiger partial charge in [0.05, 0.1) is 12.7 Å². The van der Waals surface area contributed by atoms with Crippen LogP contribution in [-0.4, -0.2) is 73.2 Å². The van der Waals surface area contributed by atoms with Gasteiger partial charge in [0.1, 0.15) is 12.4 Å². The Morgan fingerprint density at radius 2 is 1.86 bits per heavy atom. The van der Waals surface area contributed by atoms with E-state index in [2.05, 4.69) is 10.6 Å². The van der Waals surface area contributed by atoms with Crippen molar-refractivity contribution in [1.29, 1.82) is 0 Å². The fraction of sp³-hybridized carbons (Fsp3) is 0.545. The highest BCUT2D eigenvalue weighted by molar-refractivity contribution is 8.13. The van der Waals surface area contributed by atoms with Crippen molar-refractivity contribution >= 4 is 42.8 Å². The van der Waals surface area contributed by atoms with Gasteiger partial charge in [-0.1, -0.05) is 25.6 Å². The van der Waals surface area contributed by atoms with Crippen molar-refractivity contribution in [2.75, 3.05) is 39.4 Å². The van der Waals surface area contributed by atoms with E-state index in [-0.39, 0.29) is 36.2 Å². The molecule has 1 fully saturated rings. The first-order chi connectivity index (χ1) is 17.0. The number of ether oxygens (including phenoxy) is 2. The standard InChI is InChI=1S/C22H31N2O10PS/c1-15(25)36-12-11-23-18(26)9-10-24-20(27)19-22(2,3)13-32-35(29,34-19)33-14-31-21(28)16-5-7-17(30-4)8-6-16/h5-8,19,29H,9-14H2,1-4H3,(H-,23,24,26,27)/p+1/t19-,35?/m0/s1. The van der Waals surface area contributed by atoms with Crippen LogP contribution in [0.3, 0.4) is 0 Å². The zero-order chi connectivity index (χ0) is 26.8. The van der Waals surface area contributed by atoms with E-state index in [4.69, 9.17) is 23.0 Å². The van der Waals surface area contributed by atoms with Crippen LogP contribution in [0.1, 0.15) is 37.6 Å². The molecule has 1 heterocycles. The summed E-state index contributed by atoms with van der Waals surface area (Å²) in [6, 6.07) is 6.20. The van der Waals surface area contributed by atoms with Crippen LogP contribution >= 0.6 is 19.9 Å². The zero-order valence-corrected chi connectivity index (χ0v) is 22.3. The first kappa shape index (κ1) is 29.9. The molecule has 12 nitrogen and oxygen atoms in total. The largest absolute Gasteiger partial charge is 0.576 e. The molecule has 1 aliphatic rings. The molecule has 200 valence electrons. The molecule has 0 saturated carbocycles. The minimum Gasteiger partial charge on any atom is -0.497 e. The van der Waals surface area contributed by atoms with E-state index < -0.39 is 38.4 Å². The molecular formula is C22H32N2O10PS+. The van der Waals surface area contributed by atoms with Crippen molar-refractivity contribution < 1.29 is 47.1 Å². The van der Waals surface area contributed by atoms with Gasteiger partial charge >= 0.3 is 14.1 Å². The van der Waals surface area contributed by atoms with Gasteiger partial charge in [0.25, 0.3) is 5.91 Å². The lowest BCUT2D eigenvalue weighted by atomic mass is 9.87. The zero-order valence-electron chi connectivity index (χ0n) is 20.6. The molecule has 2 atom stereocenters. The maximum absolute atomic E-state index is 12.7. The average Bonchev–Trinajstić information content (AvgIpc) is 2.83. The molecule has 1 aromatic carbocycles. The smallest absolute Gasteiger partial charge is 0.497 e. The second-order valence-corrected chi connectivity index (χ2v) is 11.3. The van der Waals surface area contributed by atoms with Gasteiger partial charge in [-0.25, -0.2) is 4.79 Å². The van der Waals surface area contributed by atoms with Crippen molar-refractivity contribution in [1.82, 2.24) is 10.6 Å². The molecule has 2 rings (SSSR count). The van der Waals surface area contributed by atoms with Crippen LogP contribution in [0, 0.1) is 5.41 Å². The van der Waals surface area contributed by atoms with Crippen LogP contribution in [-0.2, 0) is 32.7 Å². The fourth-order valence-corrected chi connectivity index (χ4v) is 4.94. The number of hydrogen-bond acceptors (Lipinski definition) is 11. The number of methoxy groups -OCH3 is 1. The summed E-state index contributed by atoms with van der Waals surface area (Å²) in [6.45, 7) is 4.53. The minimum absolute atomic E-state index is 0.0251. The molecule has 0 bridgehead atoms. The second kappa shape index (κ2) is 13.9. The van der Waals surface area contributed by atoms with Crippen molar-refractivity contribution in [2.45, 2.75) is 33.3 Å². The number of hydrogen-bond donors (Lipinski definition) is 3. The summed E-state index contributed by atoms with van der Waals surface area (Å²) in [5.74, 6) is -0.495. The first-order valence-electron chi connectivity index (χ1n) is 11.0. The Hall–Kier alpha value is -2.28. The predicted molar refractivity (Wildman–Crippen MR) is 132 cm³/mol. The van der Waals surface area contributed by atoms with Gasteiger partial charge in [0.2, 0.25) is 12.7 Å². The molecule has 0 aromatic heterocycles. The van der Waals surface area contributed by atoms with Gasteiger partial charge in [0, 0.05) is 37.6 Å². The maximum Gasteiger partial charge on any atom is 0.576 e. The molecule has 14 heteroatoms. The number of benzene rings is 1. The maximum atomic E-state index is 12.7. The number of esters is 1. The number of amides is 2. The molecule has 1 unspecified atom stereocenters. The Labute approximate surface area is 214 Å². The summed E-state index contributed by atoms with van der Waals surface area (Å²) in [5, 5.41) is 5.23. The van der Waals surface area contributed by atoms with Gasteiger partial charge in [-0.05, 0) is 24.3 Å². The lowest BCUT2D eigenvalue weighted by Gasteiger charge is -2.36. The Morgan fingerprint density at radius 1 is 1.17 bits per heavy atom. The van der Waals surface area contributed by atoms with Gasteiger partial charge < -0.3 is 20.1 Å². The predicted octanol–water partition coefficient (Wildman–Crippen LogP) is 1.84. The lowest BCUT2D eigenvalue weighted by molar-refractivity contribution is -0.146. The van der Waals surface area contributed by atoms with E-state index in [0.29, 0.717) is 18.0 Å². The van der Waals surface area contributed by atoms with E-state index in [9.17, 15) is 24.1 Å². The van der Waals surface area contributed by atoms with Crippen molar-refractivity contribution in [3.63, 3.8) is 0 Å². The van der Waals surface area contributed by atoms with Crippen LogP contribution in [0.15, 0.2) is 24.3 Å². The van der Waals surface area contributed by atoms with Crippen LogP contribution in [0.2, 0.25) is 0 Å². The molecule has 1 saturated heterocycles. The van der Waals surface area contributed by atoms with Crippen LogP contribution in [0.25, 0.3) is 0 Å². The van der Waals surface area contributed by atoms with Gasteiger partial charge in [-0.15, -0.1) is 9.05 Å². The van der Waals surface area contributed by atoms with Crippen LogP contribution in [0.5, 0.6) is 5.75 Å². The lowest BCUT2D eigenvalue weighted by Crippen LogP contribution is -2.50. The average molecular weight is 548 g/mol. The Balaban J connectivity index is 1.80. The first-order valence-corrected chi connectivity index (χ1v) is 13.5. The summed E-state index contributed by atoms with van der Waals surface area (Å²) in [6.07, 6.45) is -1.12. The normalized spacial score (nSPS) is 20.8. The molecule has 3 N–H and O–H groups in total. The van der Waals surface area contributed by atoms with E-state index in [1.54, 1.807) is 26.0 Å². The molecule has 2 amide bonds. The molecule has 0 spiro atoms. The summed E-state index contributed by atoms with van der Waals surface area (Å²) >= 11 is 1.11. The third-order valence-corrected chi connectivity index (χ3v) is 7.08. The van der Waals surface area contributed by atoms with Crippen molar-refractivity contribution in [3.05, 3.63) is 29.8 Å². The Morgan fingerprint density at radius 3 is 2.50 bits per heavy atom. The highest BCUT2D eigenvalue weighted by atomic mass is 32.2. The Bertz CT molecular complexity index is 930. The molecule has 0 aliphatic carbocycles. The summed E-state index contributed by atoms with van der Waals surface area (Å²) in [4.78, 5) is 58.2. The third-order valence-electron chi connectivity index (χ3n) is 4.90. The highest BCUT2D eigenvalue weighted by Crippen LogP contribution is 2.63. The molecule has 36 heavy (non-hydrogen) atoms. The number of nitrogens with one attached hydrogen (secondary N) is 2. The van der Waals surface area contributed by atoms with Gasteiger partial charge in [0.15, 0.2) is 11.2 Å². The Kier molecular flexibility index (Phi) is 11.5. The number of carbonyl (C=O) groups excluding carboxylic acids is 4. The second-order valence-electron chi connectivity index (χ2n) is 8.35. The van der Waals surface area contributed by atoms with Crippen molar-refractivity contribution in [2.24, 2.45) is 5.41 Å². The van der Waals surface area contributed by atoms with E-state index in [0.717, 1.165) is 11.8 Å². The number of thioether (sulfide) groups is 1. The molecule has 0 radical (unpaired) electrons. The molecule has 1 aliphatic heterocycles. The van der Waals surface area contributed by atoms with Gasteiger partial charge in [-0.3, -0.25) is 14.4 Å². The fourth-order valence-electron chi connectivity index (χ4n) is 2.92. The summed E-state index contributed by atoms with van der Waals surface area (Å²) < 4.78 is 26.0. The van der Waals surface area contributed by atoms with Crippen molar-refractivity contribution in [3.8, 4) is 5.75 Å². The van der Waals surface area contributed by atoms with Gasteiger partial charge in [-0.2, -0.15) is 9.42 Å². The van der Waals surface area contributed by atoms with E-state index in [1.807, 2.05) is 0 Å². The number of carbonyl (C=O) groups is 4. The SMILES string of the molecule is COc1ccc(C(=O)OCO[P+]2(O)OCC(C)(C)[C@H](C(=O)NCCC(=O)NCCSC(C)=O)O2)cc1. The molecule has 1 aromatic rings. The summed E-state index contributed by atoms with van der Waals surface area (Å²) in [5.41, 5.74) is -0.568. The van der Waals surface area contributed by atoms with Crippen LogP contribution < -0.4 is 15.4 Å². The topological polar surface area (TPSA) is 159 Å². The molecular weight excluding hydrogens is 515 g/mol. The number of rotatable bonds is 12. The van der Waals surface area contributed by atoms with Crippen LogP contribution in [0.4, 0.5) is 0 Å². The minimum atomic E-state index is -3.96. The third kappa shape index (κ3) is 9.64. The summed E-state index contributed by atoms with van der Waals surface area (Å²) in [7, 11) is -2.46.